The molecule has 2 atom stereocenters. The quantitative estimate of drug-likeness (QED) is 0.348. The molecule has 5 nitrogen and oxygen atoms in total. The Balaban J connectivity index is 0.964. The zero-order valence-electron chi connectivity index (χ0n) is 20.0. The van der Waals surface area contributed by atoms with E-state index in [1.807, 2.05) is 6.07 Å². The van der Waals surface area contributed by atoms with Gasteiger partial charge in [-0.25, -0.2) is 0 Å². The first-order valence-electron chi connectivity index (χ1n) is 13.2. The topological polar surface area (TPSA) is 65.0 Å². The third kappa shape index (κ3) is 6.99. The van der Waals surface area contributed by atoms with Gasteiger partial charge in [0.2, 0.25) is 6.79 Å². The number of fused-ring (bicyclic) bond motifs is 1. The van der Waals surface area contributed by atoms with E-state index in [4.69, 9.17) is 14.2 Å². The number of unbranched alkanes of at least 4 members (excludes halogenated alkanes) is 9. The minimum atomic E-state index is -0.608. The molecule has 0 radical (unpaired) electrons. The predicted molar refractivity (Wildman–Crippen MR) is 128 cm³/mol. The molecule has 0 amide bonds. The van der Waals surface area contributed by atoms with Gasteiger partial charge in [0.25, 0.3) is 0 Å². The van der Waals surface area contributed by atoms with E-state index in [1.165, 1.54) is 63.4 Å². The molecule has 2 heterocycles. The van der Waals surface area contributed by atoms with Crippen LogP contribution in [0.15, 0.2) is 29.5 Å². The largest absolute Gasteiger partial charge is 0.494 e. The second-order valence-electron chi connectivity index (χ2n) is 9.87. The van der Waals surface area contributed by atoms with Gasteiger partial charge in [0.1, 0.15) is 11.9 Å². The van der Waals surface area contributed by atoms with E-state index in [2.05, 4.69) is 12.1 Å². The van der Waals surface area contributed by atoms with Gasteiger partial charge in [0.05, 0.1) is 11.7 Å². The Kier molecular flexibility index (Phi) is 9.10. The molecule has 0 saturated carbocycles. The van der Waals surface area contributed by atoms with Gasteiger partial charge < -0.3 is 19.3 Å². The lowest BCUT2D eigenvalue weighted by molar-refractivity contribution is -0.119. The Morgan fingerprint density at radius 1 is 0.848 bits per heavy atom. The SMILES string of the molecule is O=C1CCCC2=C1C(O)CC(CCCCCCCCCCCCc1ccc3c(c1)OCO3)O2. The Morgan fingerprint density at radius 2 is 1.55 bits per heavy atom. The number of rotatable bonds is 13. The van der Waals surface area contributed by atoms with E-state index in [9.17, 15) is 9.90 Å². The highest BCUT2D eigenvalue weighted by Crippen LogP contribution is 2.35. The second-order valence-corrected chi connectivity index (χ2v) is 9.87. The Labute approximate surface area is 198 Å². The third-order valence-corrected chi connectivity index (χ3v) is 7.22. The van der Waals surface area contributed by atoms with Crippen molar-refractivity contribution in [3.63, 3.8) is 0 Å². The molecule has 3 aliphatic rings. The predicted octanol–water partition coefficient (Wildman–Crippen LogP) is 6.41. The van der Waals surface area contributed by atoms with Gasteiger partial charge in [0, 0.05) is 19.3 Å². The Bertz CT molecular complexity index is 815. The van der Waals surface area contributed by atoms with Crippen LogP contribution in [-0.4, -0.2) is 29.9 Å². The van der Waals surface area contributed by atoms with Crippen LogP contribution in [-0.2, 0) is 16.0 Å². The average molecular weight is 457 g/mol. The summed E-state index contributed by atoms with van der Waals surface area (Å²) in [6.07, 6.45) is 17.3. The molecule has 1 N–H and O–H groups in total. The summed E-state index contributed by atoms with van der Waals surface area (Å²) in [5.41, 5.74) is 1.92. The molecule has 1 aromatic carbocycles. The molecule has 1 aliphatic carbocycles. The fourth-order valence-electron chi connectivity index (χ4n) is 5.33. The monoisotopic (exact) mass is 456 g/mol. The number of aliphatic hydroxyl groups is 1. The number of hydrogen-bond acceptors (Lipinski definition) is 5. The van der Waals surface area contributed by atoms with Crippen LogP contribution in [0.2, 0.25) is 0 Å². The average Bonchev–Trinajstić information content (AvgIpc) is 3.27. The van der Waals surface area contributed by atoms with Crippen molar-refractivity contribution in [2.45, 2.75) is 115 Å². The molecular weight excluding hydrogens is 416 g/mol. The minimum absolute atomic E-state index is 0.0855. The molecule has 2 unspecified atom stereocenters. The van der Waals surface area contributed by atoms with E-state index in [0.29, 0.717) is 25.2 Å². The molecule has 2 aliphatic heterocycles. The summed E-state index contributed by atoms with van der Waals surface area (Å²) < 4.78 is 16.9. The first-order valence-corrected chi connectivity index (χ1v) is 13.2. The lowest BCUT2D eigenvalue weighted by Crippen LogP contribution is -2.34. The zero-order chi connectivity index (χ0) is 22.9. The number of allylic oxidation sites excluding steroid dienone is 1. The van der Waals surface area contributed by atoms with Crippen LogP contribution in [0.25, 0.3) is 0 Å². The maximum atomic E-state index is 12.0. The Morgan fingerprint density at radius 3 is 2.33 bits per heavy atom. The smallest absolute Gasteiger partial charge is 0.231 e. The van der Waals surface area contributed by atoms with E-state index in [0.717, 1.165) is 49.4 Å². The maximum absolute atomic E-state index is 12.0. The van der Waals surface area contributed by atoms with Gasteiger partial charge in [-0.3, -0.25) is 4.79 Å². The summed E-state index contributed by atoms with van der Waals surface area (Å²) >= 11 is 0. The highest BCUT2D eigenvalue weighted by Gasteiger charge is 2.34. The Hall–Kier alpha value is -2.01. The molecule has 33 heavy (non-hydrogen) atoms. The van der Waals surface area contributed by atoms with Crippen molar-refractivity contribution in [1.82, 2.24) is 0 Å². The van der Waals surface area contributed by atoms with Crippen molar-refractivity contribution in [3.8, 4) is 11.5 Å². The number of carbonyl (C=O) groups excluding carboxylic acids is 1. The fraction of sp³-hybridized carbons (Fsp3) is 0.679. The first-order chi connectivity index (χ1) is 16.2. The first kappa shape index (κ1) is 24.1. The molecule has 1 aromatic rings. The number of ether oxygens (including phenoxy) is 3. The molecule has 182 valence electrons. The third-order valence-electron chi connectivity index (χ3n) is 7.22. The number of aliphatic hydroxyl groups excluding tert-OH is 1. The van der Waals surface area contributed by atoms with Crippen molar-refractivity contribution >= 4 is 5.78 Å². The van der Waals surface area contributed by atoms with Crippen LogP contribution in [0.5, 0.6) is 11.5 Å². The molecule has 5 heteroatoms. The molecule has 0 saturated heterocycles. The number of hydrogen-bond donors (Lipinski definition) is 1. The van der Waals surface area contributed by atoms with Gasteiger partial charge in [-0.15, -0.1) is 0 Å². The molecule has 0 fully saturated rings. The van der Waals surface area contributed by atoms with Crippen molar-refractivity contribution in [3.05, 3.63) is 35.1 Å². The normalized spacial score (nSPS) is 21.8. The molecule has 4 rings (SSSR count). The lowest BCUT2D eigenvalue weighted by Gasteiger charge is -2.33. The van der Waals surface area contributed by atoms with Gasteiger partial charge >= 0.3 is 0 Å². The minimum Gasteiger partial charge on any atom is -0.494 e. The highest BCUT2D eigenvalue weighted by molar-refractivity contribution is 5.97. The van der Waals surface area contributed by atoms with Gasteiger partial charge in [-0.1, -0.05) is 57.4 Å². The number of ketones is 1. The van der Waals surface area contributed by atoms with Crippen LogP contribution < -0.4 is 9.47 Å². The second kappa shape index (κ2) is 12.5. The number of Topliss-reactive ketones (excluding diaryl/α,β-unsaturated/α-hetero) is 1. The number of benzene rings is 1. The van der Waals surface area contributed by atoms with Gasteiger partial charge in [-0.2, -0.15) is 0 Å². The van der Waals surface area contributed by atoms with E-state index in [1.54, 1.807) is 0 Å². The summed E-state index contributed by atoms with van der Waals surface area (Å²) in [6, 6.07) is 6.30. The van der Waals surface area contributed by atoms with Crippen LogP contribution in [0.4, 0.5) is 0 Å². The lowest BCUT2D eigenvalue weighted by atomic mass is 9.87. The van der Waals surface area contributed by atoms with Crippen LogP contribution in [0, 0.1) is 0 Å². The van der Waals surface area contributed by atoms with Gasteiger partial charge in [0.15, 0.2) is 17.3 Å². The summed E-state index contributed by atoms with van der Waals surface area (Å²) in [6.45, 7) is 0.347. The van der Waals surface area contributed by atoms with Crippen molar-refractivity contribution in [2.24, 2.45) is 0 Å². The molecule has 0 aromatic heterocycles. The molecule has 0 spiro atoms. The van der Waals surface area contributed by atoms with Crippen molar-refractivity contribution in [2.75, 3.05) is 6.79 Å². The maximum Gasteiger partial charge on any atom is 0.231 e. The zero-order valence-corrected chi connectivity index (χ0v) is 20.0. The summed E-state index contributed by atoms with van der Waals surface area (Å²) in [4.78, 5) is 12.0. The van der Waals surface area contributed by atoms with E-state index < -0.39 is 6.10 Å². The van der Waals surface area contributed by atoms with E-state index in [-0.39, 0.29) is 11.9 Å². The number of aryl methyl sites for hydroxylation is 1. The highest BCUT2D eigenvalue weighted by atomic mass is 16.7. The van der Waals surface area contributed by atoms with Crippen LogP contribution in [0.3, 0.4) is 0 Å². The molecule has 0 bridgehead atoms. The van der Waals surface area contributed by atoms with E-state index >= 15 is 0 Å². The van der Waals surface area contributed by atoms with Crippen molar-refractivity contribution < 1.29 is 24.1 Å². The van der Waals surface area contributed by atoms with Crippen LogP contribution >= 0.6 is 0 Å². The fourth-order valence-corrected chi connectivity index (χ4v) is 5.33. The van der Waals surface area contributed by atoms with Crippen LogP contribution in [0.1, 0.15) is 102 Å². The summed E-state index contributed by atoms with van der Waals surface area (Å²) in [7, 11) is 0. The summed E-state index contributed by atoms with van der Waals surface area (Å²) in [5.74, 6) is 2.63. The molecular formula is C28H40O5. The van der Waals surface area contributed by atoms with Crippen molar-refractivity contribution in [1.29, 1.82) is 0 Å². The van der Waals surface area contributed by atoms with Gasteiger partial charge in [-0.05, 0) is 49.8 Å². The standard InChI is InChI=1S/C28H40O5/c29-23-14-11-15-26-28(23)24(30)19-22(33-26)13-10-8-6-4-2-1-3-5-7-9-12-21-16-17-25-27(18-21)32-20-31-25/h16-18,22,24,30H,1-15,19-20H2. The number of carbonyl (C=O) groups is 1. The summed E-state index contributed by atoms with van der Waals surface area (Å²) in [5, 5.41) is 10.3.